The van der Waals surface area contributed by atoms with E-state index in [1.807, 2.05) is 11.8 Å². The summed E-state index contributed by atoms with van der Waals surface area (Å²) in [6.45, 7) is 4.13. The highest BCUT2D eigenvalue weighted by atomic mass is 32.2. The van der Waals surface area contributed by atoms with Gasteiger partial charge in [0.25, 0.3) is 0 Å². The zero-order valence-corrected chi connectivity index (χ0v) is 11.4. The van der Waals surface area contributed by atoms with Crippen LogP contribution in [0.4, 0.5) is 5.69 Å². The molecule has 0 amide bonds. The Morgan fingerprint density at radius 2 is 2.38 bits per heavy atom. The third-order valence-electron chi connectivity index (χ3n) is 2.63. The van der Waals surface area contributed by atoms with Crippen molar-refractivity contribution in [3.8, 4) is 0 Å². The molecule has 0 saturated heterocycles. The standard InChI is InChI=1S/C12H18N2S2/c1-9(13)8-14-5-6-16-12-7-10(15-2)3-4-11(12)14/h3-4,7,9H,5-6,8,13H2,1-2H3. The van der Waals surface area contributed by atoms with Crippen molar-refractivity contribution in [3.63, 3.8) is 0 Å². The molecule has 2 rings (SSSR count). The molecular formula is C12H18N2S2. The highest BCUT2D eigenvalue weighted by Crippen LogP contribution is 2.36. The summed E-state index contributed by atoms with van der Waals surface area (Å²) in [4.78, 5) is 5.15. The quantitative estimate of drug-likeness (QED) is 0.840. The maximum atomic E-state index is 5.88. The lowest BCUT2D eigenvalue weighted by atomic mass is 10.2. The molecule has 88 valence electrons. The molecule has 2 N–H and O–H groups in total. The third kappa shape index (κ3) is 2.67. The molecule has 0 radical (unpaired) electrons. The average molecular weight is 254 g/mol. The van der Waals surface area contributed by atoms with Gasteiger partial charge >= 0.3 is 0 Å². The Bertz CT molecular complexity index is 366. The van der Waals surface area contributed by atoms with Gasteiger partial charge in [0.1, 0.15) is 0 Å². The second kappa shape index (κ2) is 5.34. The maximum absolute atomic E-state index is 5.88. The van der Waals surface area contributed by atoms with E-state index in [4.69, 9.17) is 5.73 Å². The molecular weight excluding hydrogens is 236 g/mol. The molecule has 2 nitrogen and oxygen atoms in total. The minimum Gasteiger partial charge on any atom is -0.368 e. The van der Waals surface area contributed by atoms with Gasteiger partial charge in [-0.3, -0.25) is 0 Å². The van der Waals surface area contributed by atoms with Crippen molar-refractivity contribution in [2.75, 3.05) is 30.0 Å². The first kappa shape index (κ1) is 12.1. The van der Waals surface area contributed by atoms with Crippen LogP contribution in [0.15, 0.2) is 28.0 Å². The molecule has 16 heavy (non-hydrogen) atoms. The molecule has 0 saturated carbocycles. The van der Waals surface area contributed by atoms with Gasteiger partial charge in [0.05, 0.1) is 5.69 Å². The van der Waals surface area contributed by atoms with Crippen molar-refractivity contribution in [3.05, 3.63) is 18.2 Å². The Morgan fingerprint density at radius 1 is 1.56 bits per heavy atom. The van der Waals surface area contributed by atoms with E-state index in [1.54, 1.807) is 11.8 Å². The number of anilines is 1. The van der Waals surface area contributed by atoms with E-state index in [0.29, 0.717) is 0 Å². The van der Waals surface area contributed by atoms with Crippen LogP contribution in [-0.2, 0) is 0 Å². The molecule has 0 aliphatic carbocycles. The summed E-state index contributed by atoms with van der Waals surface area (Å²) < 4.78 is 0. The number of thioether (sulfide) groups is 2. The zero-order chi connectivity index (χ0) is 11.5. The summed E-state index contributed by atoms with van der Waals surface area (Å²) in [7, 11) is 0. The Kier molecular flexibility index (Phi) is 4.05. The lowest BCUT2D eigenvalue weighted by Crippen LogP contribution is -2.38. The fraction of sp³-hybridized carbons (Fsp3) is 0.500. The monoisotopic (exact) mass is 254 g/mol. The van der Waals surface area contributed by atoms with Gasteiger partial charge in [0, 0.05) is 34.7 Å². The number of rotatable bonds is 3. The smallest absolute Gasteiger partial charge is 0.0506 e. The molecule has 1 heterocycles. The van der Waals surface area contributed by atoms with Crippen molar-refractivity contribution in [2.45, 2.75) is 22.8 Å². The second-order valence-corrected chi connectivity index (χ2v) is 6.12. The number of benzene rings is 1. The van der Waals surface area contributed by atoms with Gasteiger partial charge in [0.15, 0.2) is 0 Å². The van der Waals surface area contributed by atoms with Crippen molar-refractivity contribution in [1.82, 2.24) is 0 Å². The third-order valence-corrected chi connectivity index (χ3v) is 4.38. The van der Waals surface area contributed by atoms with Gasteiger partial charge in [0.2, 0.25) is 0 Å². The topological polar surface area (TPSA) is 29.3 Å². The Balaban J connectivity index is 2.25. The number of nitrogens with two attached hydrogens (primary N) is 1. The van der Waals surface area contributed by atoms with Crippen molar-refractivity contribution in [2.24, 2.45) is 5.73 Å². The van der Waals surface area contributed by atoms with Crippen molar-refractivity contribution in [1.29, 1.82) is 0 Å². The lowest BCUT2D eigenvalue weighted by molar-refractivity contribution is 0.684. The molecule has 0 fully saturated rings. The first-order valence-corrected chi connectivity index (χ1v) is 7.73. The van der Waals surface area contributed by atoms with Gasteiger partial charge in [-0.15, -0.1) is 23.5 Å². The van der Waals surface area contributed by atoms with E-state index in [-0.39, 0.29) is 6.04 Å². The molecule has 1 unspecified atom stereocenters. The maximum Gasteiger partial charge on any atom is 0.0506 e. The fourth-order valence-corrected chi connectivity index (χ4v) is 3.52. The Morgan fingerprint density at radius 3 is 3.06 bits per heavy atom. The van der Waals surface area contributed by atoms with E-state index >= 15 is 0 Å². The van der Waals surface area contributed by atoms with Crippen LogP contribution >= 0.6 is 23.5 Å². The lowest BCUT2D eigenvalue weighted by Gasteiger charge is -2.32. The van der Waals surface area contributed by atoms with Gasteiger partial charge in [-0.05, 0) is 31.4 Å². The summed E-state index contributed by atoms with van der Waals surface area (Å²) in [5.41, 5.74) is 7.24. The van der Waals surface area contributed by atoms with Gasteiger partial charge in [-0.2, -0.15) is 0 Å². The SMILES string of the molecule is CSc1ccc2c(c1)SCCN2CC(C)N. The highest BCUT2D eigenvalue weighted by Gasteiger charge is 2.18. The van der Waals surface area contributed by atoms with Gasteiger partial charge in [-0.1, -0.05) is 0 Å². The summed E-state index contributed by atoms with van der Waals surface area (Å²) in [6, 6.07) is 6.95. The van der Waals surface area contributed by atoms with E-state index in [2.05, 4.69) is 36.3 Å². The average Bonchev–Trinajstić information content (AvgIpc) is 2.28. The Hall–Kier alpha value is -0.320. The van der Waals surface area contributed by atoms with Crippen LogP contribution < -0.4 is 10.6 Å². The molecule has 4 heteroatoms. The molecule has 1 aromatic rings. The fourth-order valence-electron chi connectivity index (χ4n) is 1.92. The number of hydrogen-bond donors (Lipinski definition) is 1. The molecule has 0 spiro atoms. The number of fused-ring (bicyclic) bond motifs is 1. The predicted molar refractivity (Wildman–Crippen MR) is 74.8 cm³/mol. The molecule has 1 aliphatic rings. The summed E-state index contributed by atoms with van der Waals surface area (Å²) in [6.07, 6.45) is 2.12. The van der Waals surface area contributed by atoms with Crippen LogP contribution in [0.3, 0.4) is 0 Å². The second-order valence-electron chi connectivity index (χ2n) is 4.11. The van der Waals surface area contributed by atoms with Crippen LogP contribution in [-0.4, -0.2) is 31.1 Å². The van der Waals surface area contributed by atoms with Crippen molar-refractivity contribution >= 4 is 29.2 Å². The zero-order valence-electron chi connectivity index (χ0n) is 9.77. The van der Waals surface area contributed by atoms with Crippen LogP contribution in [0.2, 0.25) is 0 Å². The number of hydrogen-bond acceptors (Lipinski definition) is 4. The predicted octanol–water partition coefficient (Wildman–Crippen LogP) is 2.67. The normalized spacial score (nSPS) is 17.1. The van der Waals surface area contributed by atoms with Crippen LogP contribution in [0.5, 0.6) is 0 Å². The molecule has 1 atom stereocenters. The number of nitrogens with zero attached hydrogens (tertiary/aromatic N) is 1. The highest BCUT2D eigenvalue weighted by molar-refractivity contribution is 8.00. The van der Waals surface area contributed by atoms with Crippen LogP contribution in [0.1, 0.15) is 6.92 Å². The minimum atomic E-state index is 0.233. The summed E-state index contributed by atoms with van der Waals surface area (Å²) >= 11 is 3.75. The largest absolute Gasteiger partial charge is 0.368 e. The van der Waals surface area contributed by atoms with E-state index < -0.39 is 0 Å². The molecule has 1 aromatic carbocycles. The first-order valence-electron chi connectivity index (χ1n) is 5.52. The molecule has 1 aliphatic heterocycles. The first-order chi connectivity index (χ1) is 7.70. The van der Waals surface area contributed by atoms with Crippen LogP contribution in [0, 0.1) is 0 Å². The van der Waals surface area contributed by atoms with Gasteiger partial charge in [-0.25, -0.2) is 0 Å². The Labute approximate surface area is 106 Å². The van der Waals surface area contributed by atoms with E-state index in [0.717, 1.165) is 18.8 Å². The molecule has 0 bridgehead atoms. The van der Waals surface area contributed by atoms with Crippen LogP contribution in [0.25, 0.3) is 0 Å². The van der Waals surface area contributed by atoms with Gasteiger partial charge < -0.3 is 10.6 Å². The van der Waals surface area contributed by atoms with E-state index in [1.165, 1.54) is 15.5 Å². The summed E-state index contributed by atoms with van der Waals surface area (Å²) in [5.74, 6) is 1.16. The summed E-state index contributed by atoms with van der Waals surface area (Å²) in [5, 5.41) is 0. The van der Waals surface area contributed by atoms with E-state index in [9.17, 15) is 0 Å². The van der Waals surface area contributed by atoms with Crippen molar-refractivity contribution < 1.29 is 0 Å². The minimum absolute atomic E-state index is 0.233. The molecule has 0 aromatic heterocycles.